The van der Waals surface area contributed by atoms with Crippen LogP contribution in [-0.4, -0.2) is 42.7 Å². The van der Waals surface area contributed by atoms with Crippen molar-refractivity contribution in [2.24, 2.45) is 5.11 Å². The fourth-order valence-corrected chi connectivity index (χ4v) is 2.39. The van der Waals surface area contributed by atoms with Gasteiger partial charge in [0.25, 0.3) is 0 Å². The van der Waals surface area contributed by atoms with Crippen molar-refractivity contribution >= 4 is 0 Å². The van der Waals surface area contributed by atoms with Gasteiger partial charge in [0.2, 0.25) is 0 Å². The molecule has 0 aromatic heterocycles. The molecule has 1 heterocycles. The zero-order valence-electron chi connectivity index (χ0n) is 9.97. The number of likely N-dealkylation sites (tertiary alicyclic amines) is 1. The van der Waals surface area contributed by atoms with E-state index in [1.165, 1.54) is 12.8 Å². The number of hydrogen-bond acceptors (Lipinski definition) is 4. The lowest BCUT2D eigenvalue weighted by atomic mass is 10.0. The summed E-state index contributed by atoms with van der Waals surface area (Å²) in [4.78, 5) is 5.13. The largest absolute Gasteiger partial charge is 0.298 e. The second kappa shape index (κ2) is 5.37. The lowest BCUT2D eigenvalue weighted by Crippen LogP contribution is -2.47. The molecule has 17 heavy (non-hydrogen) atoms. The molecule has 1 aliphatic carbocycles. The summed E-state index contributed by atoms with van der Waals surface area (Å²) in [5.74, 6) is 0. The minimum absolute atomic E-state index is 0.376. The van der Waals surface area contributed by atoms with Crippen LogP contribution in [0.2, 0.25) is 0 Å². The molecule has 0 bridgehead atoms. The SMILES string of the molecule is N#CC1(NCCCN=[N+]=[N-])CCN(C2CC2)C1. The minimum Gasteiger partial charge on any atom is -0.298 e. The fraction of sp³-hybridized carbons (Fsp3) is 0.909. The van der Waals surface area contributed by atoms with Crippen LogP contribution in [0.4, 0.5) is 0 Å². The van der Waals surface area contributed by atoms with Crippen molar-refractivity contribution < 1.29 is 0 Å². The van der Waals surface area contributed by atoms with Crippen molar-refractivity contribution in [2.45, 2.75) is 37.3 Å². The van der Waals surface area contributed by atoms with E-state index in [2.05, 4.69) is 26.3 Å². The molecule has 0 amide bonds. The molecule has 2 fully saturated rings. The van der Waals surface area contributed by atoms with Crippen LogP contribution in [0, 0.1) is 11.3 Å². The van der Waals surface area contributed by atoms with Crippen LogP contribution in [0.15, 0.2) is 5.11 Å². The predicted octanol–water partition coefficient (Wildman–Crippen LogP) is 1.41. The third-order valence-electron chi connectivity index (χ3n) is 3.54. The van der Waals surface area contributed by atoms with Gasteiger partial charge in [0.1, 0.15) is 5.54 Å². The highest BCUT2D eigenvalue weighted by Gasteiger charge is 2.43. The lowest BCUT2D eigenvalue weighted by molar-refractivity contribution is 0.301. The van der Waals surface area contributed by atoms with Gasteiger partial charge in [0, 0.05) is 30.6 Å². The average Bonchev–Trinajstić information content (AvgIpc) is 3.11. The van der Waals surface area contributed by atoms with E-state index in [-0.39, 0.29) is 5.54 Å². The van der Waals surface area contributed by atoms with E-state index in [9.17, 15) is 5.26 Å². The maximum absolute atomic E-state index is 9.32. The van der Waals surface area contributed by atoms with Crippen molar-refractivity contribution in [3.8, 4) is 6.07 Å². The van der Waals surface area contributed by atoms with E-state index in [1.54, 1.807) is 0 Å². The molecule has 0 aromatic carbocycles. The number of nitrogens with zero attached hydrogens (tertiary/aromatic N) is 5. The monoisotopic (exact) mass is 234 g/mol. The summed E-state index contributed by atoms with van der Waals surface area (Å²) in [6.07, 6.45) is 4.27. The van der Waals surface area contributed by atoms with Gasteiger partial charge in [-0.25, -0.2) is 0 Å². The number of hydrogen-bond donors (Lipinski definition) is 1. The fourth-order valence-electron chi connectivity index (χ4n) is 2.39. The van der Waals surface area contributed by atoms with Gasteiger partial charge in [-0.1, -0.05) is 5.11 Å². The van der Waals surface area contributed by atoms with Gasteiger partial charge < -0.3 is 0 Å². The van der Waals surface area contributed by atoms with E-state index in [4.69, 9.17) is 5.53 Å². The van der Waals surface area contributed by atoms with Crippen LogP contribution in [-0.2, 0) is 0 Å². The molecule has 1 N–H and O–H groups in total. The van der Waals surface area contributed by atoms with Crippen LogP contribution in [0.5, 0.6) is 0 Å². The Bertz CT molecular complexity index is 351. The number of azide groups is 1. The van der Waals surface area contributed by atoms with E-state index >= 15 is 0 Å². The summed E-state index contributed by atoms with van der Waals surface area (Å²) in [6.45, 7) is 3.11. The molecule has 0 radical (unpaired) electrons. The average molecular weight is 234 g/mol. The van der Waals surface area contributed by atoms with Gasteiger partial charge >= 0.3 is 0 Å². The molecule has 1 saturated heterocycles. The smallest absolute Gasteiger partial charge is 0.120 e. The minimum atomic E-state index is -0.376. The Balaban J connectivity index is 1.76. The predicted molar refractivity (Wildman–Crippen MR) is 64.2 cm³/mol. The first-order valence-corrected chi connectivity index (χ1v) is 6.21. The second-order valence-electron chi connectivity index (χ2n) is 4.88. The highest BCUT2D eigenvalue weighted by atomic mass is 15.2. The summed E-state index contributed by atoms with van der Waals surface area (Å²) >= 11 is 0. The molecule has 1 unspecified atom stereocenters. The molecule has 6 nitrogen and oxygen atoms in total. The van der Waals surface area contributed by atoms with E-state index in [1.807, 2.05) is 0 Å². The Morgan fingerprint density at radius 2 is 2.41 bits per heavy atom. The molecule has 2 aliphatic rings. The third-order valence-corrected chi connectivity index (χ3v) is 3.54. The third kappa shape index (κ3) is 3.10. The van der Waals surface area contributed by atoms with E-state index < -0.39 is 0 Å². The van der Waals surface area contributed by atoms with Crippen LogP contribution in [0.25, 0.3) is 10.4 Å². The Hall–Kier alpha value is -1.28. The first kappa shape index (κ1) is 12.2. The maximum atomic E-state index is 9.32. The quantitative estimate of drug-likeness (QED) is 0.326. The first-order chi connectivity index (χ1) is 8.29. The Kier molecular flexibility index (Phi) is 3.85. The standard InChI is InChI=1S/C11H18N6/c12-8-11(14-5-1-6-15-16-13)4-7-17(9-11)10-2-3-10/h10,14H,1-7,9H2. The van der Waals surface area contributed by atoms with Crippen molar-refractivity contribution in [3.05, 3.63) is 10.4 Å². The summed E-state index contributed by atoms with van der Waals surface area (Å²) in [6, 6.07) is 3.16. The number of rotatable bonds is 6. The van der Waals surface area contributed by atoms with Gasteiger partial charge in [0.05, 0.1) is 6.07 Å². The molecule has 0 aromatic rings. The topological polar surface area (TPSA) is 87.8 Å². The van der Waals surface area contributed by atoms with Crippen LogP contribution < -0.4 is 5.32 Å². The molecule has 0 spiro atoms. The Morgan fingerprint density at radius 1 is 1.59 bits per heavy atom. The van der Waals surface area contributed by atoms with Crippen LogP contribution >= 0.6 is 0 Å². The molecular weight excluding hydrogens is 216 g/mol. The van der Waals surface area contributed by atoms with Gasteiger partial charge in [-0.15, -0.1) is 0 Å². The molecule has 2 rings (SSSR count). The first-order valence-electron chi connectivity index (χ1n) is 6.21. The molecule has 92 valence electrons. The zero-order valence-corrected chi connectivity index (χ0v) is 9.97. The molecule has 1 saturated carbocycles. The Labute approximate surface area is 101 Å². The summed E-state index contributed by atoms with van der Waals surface area (Å²) in [5, 5.41) is 16.1. The van der Waals surface area contributed by atoms with Crippen LogP contribution in [0.1, 0.15) is 25.7 Å². The van der Waals surface area contributed by atoms with Crippen molar-refractivity contribution in [1.29, 1.82) is 5.26 Å². The van der Waals surface area contributed by atoms with Crippen molar-refractivity contribution in [1.82, 2.24) is 10.2 Å². The van der Waals surface area contributed by atoms with Gasteiger partial charge in [0.15, 0.2) is 0 Å². The Morgan fingerprint density at radius 3 is 3.06 bits per heavy atom. The van der Waals surface area contributed by atoms with E-state index in [0.29, 0.717) is 6.54 Å². The highest BCUT2D eigenvalue weighted by molar-refractivity contribution is 5.14. The lowest BCUT2D eigenvalue weighted by Gasteiger charge is -2.23. The molecule has 1 atom stereocenters. The van der Waals surface area contributed by atoms with Crippen molar-refractivity contribution in [2.75, 3.05) is 26.2 Å². The number of nitriles is 1. The highest BCUT2D eigenvalue weighted by Crippen LogP contribution is 2.33. The van der Waals surface area contributed by atoms with Gasteiger partial charge in [-0.05, 0) is 37.8 Å². The second-order valence-corrected chi connectivity index (χ2v) is 4.88. The van der Waals surface area contributed by atoms with Gasteiger partial charge in [-0.3, -0.25) is 10.2 Å². The van der Waals surface area contributed by atoms with Gasteiger partial charge in [-0.2, -0.15) is 5.26 Å². The zero-order chi connectivity index (χ0) is 12.1. The molecular formula is C11H18N6. The summed E-state index contributed by atoms with van der Waals surface area (Å²) in [7, 11) is 0. The van der Waals surface area contributed by atoms with Crippen molar-refractivity contribution in [3.63, 3.8) is 0 Å². The molecule has 6 heteroatoms. The van der Waals surface area contributed by atoms with E-state index in [0.717, 1.165) is 38.5 Å². The van der Waals surface area contributed by atoms with Crippen LogP contribution in [0.3, 0.4) is 0 Å². The molecule has 1 aliphatic heterocycles. The summed E-state index contributed by atoms with van der Waals surface area (Å²) < 4.78 is 0. The summed E-state index contributed by atoms with van der Waals surface area (Å²) in [5.41, 5.74) is 7.78. The number of nitrogens with one attached hydrogen (secondary N) is 1. The normalized spacial score (nSPS) is 28.6. The maximum Gasteiger partial charge on any atom is 0.120 e.